The van der Waals surface area contributed by atoms with Crippen molar-refractivity contribution in [2.24, 2.45) is 0 Å². The second kappa shape index (κ2) is 6.48. The van der Waals surface area contributed by atoms with E-state index in [1.54, 1.807) is 22.0 Å². The summed E-state index contributed by atoms with van der Waals surface area (Å²) in [4.78, 5) is 26.9. The van der Waals surface area contributed by atoms with Gasteiger partial charge in [0.15, 0.2) is 0 Å². The summed E-state index contributed by atoms with van der Waals surface area (Å²) in [6, 6.07) is 16.0. The van der Waals surface area contributed by atoms with E-state index in [0.29, 0.717) is 12.2 Å². The lowest BCUT2D eigenvalue weighted by atomic mass is 10.0. The quantitative estimate of drug-likeness (QED) is 0.852. The molecule has 128 valence electrons. The molecule has 2 aliphatic heterocycles. The maximum absolute atomic E-state index is 11.9. The number of amides is 2. The Kier molecular flexibility index (Phi) is 4.01. The zero-order chi connectivity index (χ0) is 18.1. The Labute approximate surface area is 152 Å². The Hall–Kier alpha value is -3.40. The third-order valence-electron chi connectivity index (χ3n) is 4.59. The van der Waals surface area contributed by atoms with Crippen LogP contribution in [0.25, 0.3) is 0 Å². The molecule has 4 rings (SSSR count). The molecule has 0 bridgehead atoms. The van der Waals surface area contributed by atoms with Crippen molar-refractivity contribution in [2.45, 2.75) is 6.42 Å². The molecular weight excluding hydrogens is 324 g/mol. The number of allylic oxidation sites excluding steroid dienone is 1. The number of rotatable bonds is 4. The molecule has 0 saturated heterocycles. The molecular formula is C22H18N2O2. The summed E-state index contributed by atoms with van der Waals surface area (Å²) in [5.41, 5.74) is 4.75. The molecule has 4 nitrogen and oxygen atoms in total. The maximum Gasteiger partial charge on any atom is 0.255 e. The van der Waals surface area contributed by atoms with E-state index in [-0.39, 0.29) is 11.8 Å². The first-order valence-corrected chi connectivity index (χ1v) is 8.49. The van der Waals surface area contributed by atoms with Crippen LogP contribution in [0.15, 0.2) is 85.1 Å². The minimum absolute atomic E-state index is 0.0286. The van der Waals surface area contributed by atoms with Gasteiger partial charge in [0.1, 0.15) is 0 Å². The number of carbonyl (C=O) groups is 2. The Morgan fingerprint density at radius 1 is 0.769 bits per heavy atom. The normalized spacial score (nSPS) is 16.2. The largest absolute Gasteiger partial charge is 0.305 e. The zero-order valence-corrected chi connectivity index (χ0v) is 14.3. The topological polar surface area (TPSA) is 40.6 Å². The molecule has 0 unspecified atom stereocenters. The van der Waals surface area contributed by atoms with Crippen LogP contribution in [0, 0.1) is 0 Å². The summed E-state index contributed by atoms with van der Waals surface area (Å²) in [5.74, 6) is -0.0369. The van der Waals surface area contributed by atoms with Gasteiger partial charge in [-0.15, -0.1) is 0 Å². The van der Waals surface area contributed by atoms with E-state index in [1.165, 1.54) is 11.6 Å². The first-order chi connectivity index (χ1) is 12.6. The van der Waals surface area contributed by atoms with Crippen molar-refractivity contribution in [1.29, 1.82) is 0 Å². The third-order valence-corrected chi connectivity index (χ3v) is 4.59. The Bertz CT molecular complexity index is 919. The second-order valence-corrected chi connectivity index (χ2v) is 6.36. The SMILES string of the molecule is C=C1C=CC(=O)N1c1ccc(Cc2ccc(N3CC=CC3=O)cc2)cc1. The highest BCUT2D eigenvalue weighted by molar-refractivity contribution is 6.07. The second-order valence-electron chi connectivity index (χ2n) is 6.36. The van der Waals surface area contributed by atoms with Crippen molar-refractivity contribution in [3.63, 3.8) is 0 Å². The molecule has 2 amide bonds. The van der Waals surface area contributed by atoms with Crippen molar-refractivity contribution in [2.75, 3.05) is 16.3 Å². The van der Waals surface area contributed by atoms with Crippen molar-refractivity contribution < 1.29 is 9.59 Å². The minimum atomic E-state index is -0.0655. The van der Waals surface area contributed by atoms with Crippen LogP contribution in [0.5, 0.6) is 0 Å². The van der Waals surface area contributed by atoms with Crippen LogP contribution in [0.4, 0.5) is 11.4 Å². The van der Waals surface area contributed by atoms with Crippen molar-refractivity contribution in [3.05, 3.63) is 96.2 Å². The lowest BCUT2D eigenvalue weighted by Gasteiger charge is -2.18. The number of nitrogens with zero attached hydrogens (tertiary/aromatic N) is 2. The van der Waals surface area contributed by atoms with Gasteiger partial charge in [0, 0.05) is 35.8 Å². The van der Waals surface area contributed by atoms with Gasteiger partial charge in [-0.25, -0.2) is 0 Å². The summed E-state index contributed by atoms with van der Waals surface area (Å²) in [6.07, 6.45) is 7.51. The molecule has 0 N–H and O–H groups in total. The molecule has 2 aromatic rings. The summed E-state index contributed by atoms with van der Waals surface area (Å²) >= 11 is 0. The number of hydrogen-bond donors (Lipinski definition) is 0. The maximum atomic E-state index is 11.9. The first-order valence-electron chi connectivity index (χ1n) is 8.49. The molecule has 2 aliphatic rings. The molecule has 0 saturated carbocycles. The Morgan fingerprint density at radius 2 is 1.38 bits per heavy atom. The van der Waals surface area contributed by atoms with Gasteiger partial charge in [0.25, 0.3) is 11.8 Å². The van der Waals surface area contributed by atoms with Crippen LogP contribution in [0.1, 0.15) is 11.1 Å². The van der Waals surface area contributed by atoms with Gasteiger partial charge in [0.05, 0.1) is 0 Å². The molecule has 2 aromatic carbocycles. The molecule has 0 atom stereocenters. The summed E-state index contributed by atoms with van der Waals surface area (Å²) < 4.78 is 0. The van der Waals surface area contributed by atoms with E-state index in [4.69, 9.17) is 0 Å². The lowest BCUT2D eigenvalue weighted by Crippen LogP contribution is -2.24. The number of carbonyl (C=O) groups excluding carboxylic acids is 2. The minimum Gasteiger partial charge on any atom is -0.305 e. The fraction of sp³-hybridized carbons (Fsp3) is 0.0909. The molecule has 0 radical (unpaired) electrons. The van der Waals surface area contributed by atoms with Crippen molar-refractivity contribution in [1.82, 2.24) is 0 Å². The Balaban J connectivity index is 1.45. The molecule has 0 aliphatic carbocycles. The third kappa shape index (κ3) is 2.97. The summed E-state index contributed by atoms with van der Waals surface area (Å²) in [6.45, 7) is 4.52. The zero-order valence-electron chi connectivity index (χ0n) is 14.3. The predicted octanol–water partition coefficient (Wildman–Crippen LogP) is 3.60. The van der Waals surface area contributed by atoms with E-state index < -0.39 is 0 Å². The van der Waals surface area contributed by atoms with Crippen LogP contribution in [-0.4, -0.2) is 18.4 Å². The van der Waals surface area contributed by atoms with Gasteiger partial charge >= 0.3 is 0 Å². The van der Waals surface area contributed by atoms with E-state index in [1.807, 2.05) is 54.6 Å². The number of hydrogen-bond acceptors (Lipinski definition) is 2. The van der Waals surface area contributed by atoms with E-state index in [0.717, 1.165) is 23.4 Å². The Morgan fingerprint density at radius 3 is 1.88 bits per heavy atom. The van der Waals surface area contributed by atoms with E-state index in [2.05, 4.69) is 6.58 Å². The van der Waals surface area contributed by atoms with E-state index >= 15 is 0 Å². The van der Waals surface area contributed by atoms with Crippen LogP contribution in [0.3, 0.4) is 0 Å². The average Bonchev–Trinajstić information content (AvgIpc) is 3.22. The van der Waals surface area contributed by atoms with Gasteiger partial charge in [-0.3, -0.25) is 14.5 Å². The first kappa shape index (κ1) is 16.1. The van der Waals surface area contributed by atoms with Crippen LogP contribution in [0.2, 0.25) is 0 Å². The number of benzene rings is 2. The van der Waals surface area contributed by atoms with Gasteiger partial charge < -0.3 is 4.90 Å². The molecule has 0 fully saturated rings. The van der Waals surface area contributed by atoms with Gasteiger partial charge in [-0.1, -0.05) is 36.9 Å². The fourth-order valence-corrected chi connectivity index (χ4v) is 3.21. The predicted molar refractivity (Wildman–Crippen MR) is 103 cm³/mol. The van der Waals surface area contributed by atoms with Crippen LogP contribution < -0.4 is 9.80 Å². The van der Waals surface area contributed by atoms with Crippen molar-refractivity contribution in [3.8, 4) is 0 Å². The molecule has 2 heterocycles. The van der Waals surface area contributed by atoms with Crippen molar-refractivity contribution >= 4 is 23.2 Å². The lowest BCUT2D eigenvalue weighted by molar-refractivity contribution is -0.114. The van der Waals surface area contributed by atoms with E-state index in [9.17, 15) is 9.59 Å². The monoisotopic (exact) mass is 342 g/mol. The van der Waals surface area contributed by atoms with Gasteiger partial charge in [-0.05, 0) is 47.9 Å². The highest BCUT2D eigenvalue weighted by atomic mass is 16.2. The number of anilines is 2. The average molecular weight is 342 g/mol. The highest BCUT2D eigenvalue weighted by Crippen LogP contribution is 2.25. The smallest absolute Gasteiger partial charge is 0.255 e. The van der Waals surface area contributed by atoms with Gasteiger partial charge in [0.2, 0.25) is 0 Å². The molecule has 0 spiro atoms. The van der Waals surface area contributed by atoms with Gasteiger partial charge in [-0.2, -0.15) is 0 Å². The fourth-order valence-electron chi connectivity index (χ4n) is 3.21. The summed E-state index contributed by atoms with van der Waals surface area (Å²) in [5, 5.41) is 0. The van der Waals surface area contributed by atoms with Crippen LogP contribution >= 0.6 is 0 Å². The standard InChI is InChI=1S/C22H18N2O2/c1-16-4-13-22(26)24(16)20-11-7-18(8-12-20)15-17-5-9-19(10-6-17)23-14-2-3-21(23)25/h2-13H,1,14-15H2. The molecule has 4 heteroatoms. The highest BCUT2D eigenvalue weighted by Gasteiger charge is 2.20. The van der Waals surface area contributed by atoms with Crippen LogP contribution in [-0.2, 0) is 16.0 Å². The molecule has 26 heavy (non-hydrogen) atoms. The summed E-state index contributed by atoms with van der Waals surface area (Å²) in [7, 11) is 0. The molecule has 0 aromatic heterocycles.